The summed E-state index contributed by atoms with van der Waals surface area (Å²) in [5.41, 5.74) is 1.41. The number of carbonyl (C=O) groups excluding carboxylic acids is 3. The third-order valence-corrected chi connectivity index (χ3v) is 5.53. The van der Waals surface area contributed by atoms with Crippen molar-refractivity contribution in [3.63, 3.8) is 0 Å². The van der Waals surface area contributed by atoms with Gasteiger partial charge in [0.25, 0.3) is 5.91 Å². The summed E-state index contributed by atoms with van der Waals surface area (Å²) < 4.78 is 13.8. The Morgan fingerprint density at radius 2 is 1.71 bits per heavy atom. The largest absolute Gasteiger partial charge is 0.346 e. The van der Waals surface area contributed by atoms with Crippen LogP contribution in [0.1, 0.15) is 15.9 Å². The van der Waals surface area contributed by atoms with Gasteiger partial charge < -0.3 is 15.5 Å². The SMILES string of the molecule is Cc1c(Cl)cccc1NC(=O)CNC(=O)CN1CCN(C(=O)c2ccccc2F)CC1. The van der Waals surface area contributed by atoms with Gasteiger partial charge in [-0.15, -0.1) is 0 Å². The number of hydrogen-bond acceptors (Lipinski definition) is 4. The Hall–Kier alpha value is -2.97. The first-order chi connectivity index (χ1) is 14.8. The fourth-order valence-electron chi connectivity index (χ4n) is 3.29. The van der Waals surface area contributed by atoms with E-state index in [1.165, 1.54) is 12.1 Å². The van der Waals surface area contributed by atoms with Gasteiger partial charge in [-0.3, -0.25) is 19.3 Å². The molecule has 3 amide bonds. The molecule has 9 heteroatoms. The second-order valence-electron chi connectivity index (χ2n) is 7.29. The lowest BCUT2D eigenvalue weighted by Crippen LogP contribution is -2.51. The molecule has 31 heavy (non-hydrogen) atoms. The highest BCUT2D eigenvalue weighted by Gasteiger charge is 2.24. The van der Waals surface area contributed by atoms with Gasteiger partial charge in [0.15, 0.2) is 0 Å². The quantitative estimate of drug-likeness (QED) is 0.713. The Morgan fingerprint density at radius 3 is 2.42 bits per heavy atom. The van der Waals surface area contributed by atoms with Crippen LogP contribution in [-0.2, 0) is 9.59 Å². The van der Waals surface area contributed by atoms with E-state index in [4.69, 9.17) is 11.6 Å². The highest BCUT2D eigenvalue weighted by Crippen LogP contribution is 2.22. The molecule has 0 bridgehead atoms. The van der Waals surface area contributed by atoms with Gasteiger partial charge in [-0.25, -0.2) is 4.39 Å². The number of benzene rings is 2. The highest BCUT2D eigenvalue weighted by molar-refractivity contribution is 6.31. The van der Waals surface area contributed by atoms with Crippen molar-refractivity contribution in [1.82, 2.24) is 15.1 Å². The summed E-state index contributed by atoms with van der Waals surface area (Å²) in [6.07, 6.45) is 0. The van der Waals surface area contributed by atoms with Crippen LogP contribution in [-0.4, -0.2) is 66.8 Å². The van der Waals surface area contributed by atoms with E-state index >= 15 is 0 Å². The Kier molecular flexibility index (Phi) is 7.59. The number of nitrogens with zero attached hydrogens (tertiary/aromatic N) is 2. The molecule has 3 rings (SSSR count). The summed E-state index contributed by atoms with van der Waals surface area (Å²) >= 11 is 6.04. The van der Waals surface area contributed by atoms with Crippen molar-refractivity contribution in [3.8, 4) is 0 Å². The molecule has 0 radical (unpaired) electrons. The zero-order valence-electron chi connectivity index (χ0n) is 17.2. The average Bonchev–Trinajstić information content (AvgIpc) is 2.76. The molecule has 0 aromatic heterocycles. The van der Waals surface area contributed by atoms with Crippen molar-refractivity contribution in [2.45, 2.75) is 6.92 Å². The van der Waals surface area contributed by atoms with Crippen molar-refractivity contribution in [1.29, 1.82) is 0 Å². The first kappa shape index (κ1) is 22.7. The minimum absolute atomic E-state index is 0.0506. The maximum Gasteiger partial charge on any atom is 0.256 e. The molecule has 1 aliphatic heterocycles. The summed E-state index contributed by atoms with van der Waals surface area (Å²) in [5.74, 6) is -1.53. The number of carbonyl (C=O) groups is 3. The van der Waals surface area contributed by atoms with Crippen LogP contribution in [0.25, 0.3) is 0 Å². The van der Waals surface area contributed by atoms with Crippen LogP contribution >= 0.6 is 11.6 Å². The van der Waals surface area contributed by atoms with Crippen molar-refractivity contribution < 1.29 is 18.8 Å². The summed E-state index contributed by atoms with van der Waals surface area (Å²) in [7, 11) is 0. The molecule has 2 aromatic carbocycles. The number of anilines is 1. The molecule has 2 N–H and O–H groups in total. The van der Waals surface area contributed by atoms with Gasteiger partial charge in [-0.2, -0.15) is 0 Å². The molecule has 0 atom stereocenters. The zero-order chi connectivity index (χ0) is 22.4. The molecule has 1 saturated heterocycles. The molecule has 0 saturated carbocycles. The average molecular weight is 447 g/mol. The molecule has 164 valence electrons. The molecule has 1 heterocycles. The van der Waals surface area contributed by atoms with E-state index in [-0.39, 0.29) is 36.4 Å². The molecular weight excluding hydrogens is 423 g/mol. The maximum absolute atomic E-state index is 13.8. The van der Waals surface area contributed by atoms with Crippen LogP contribution < -0.4 is 10.6 Å². The van der Waals surface area contributed by atoms with E-state index in [9.17, 15) is 18.8 Å². The van der Waals surface area contributed by atoms with E-state index in [0.29, 0.717) is 36.9 Å². The minimum Gasteiger partial charge on any atom is -0.346 e. The van der Waals surface area contributed by atoms with E-state index in [0.717, 1.165) is 5.56 Å². The predicted molar refractivity (Wildman–Crippen MR) is 117 cm³/mol. The Balaban J connectivity index is 1.41. The fraction of sp³-hybridized carbons (Fsp3) is 0.318. The molecule has 1 fully saturated rings. The van der Waals surface area contributed by atoms with Crippen LogP contribution in [0.3, 0.4) is 0 Å². The number of hydrogen-bond donors (Lipinski definition) is 2. The lowest BCUT2D eigenvalue weighted by atomic mass is 10.1. The number of piperazine rings is 1. The minimum atomic E-state index is -0.541. The van der Waals surface area contributed by atoms with Gasteiger partial charge >= 0.3 is 0 Å². The fourth-order valence-corrected chi connectivity index (χ4v) is 3.46. The van der Waals surface area contributed by atoms with Crippen LogP contribution in [0.2, 0.25) is 5.02 Å². The summed E-state index contributed by atoms with van der Waals surface area (Å²) in [6.45, 7) is 3.53. The van der Waals surface area contributed by atoms with Gasteiger partial charge in [0.2, 0.25) is 11.8 Å². The number of rotatable bonds is 6. The topological polar surface area (TPSA) is 81.8 Å². The van der Waals surface area contributed by atoms with Gasteiger partial charge in [0.1, 0.15) is 5.82 Å². The standard InChI is InChI=1S/C22H24ClFN4O3/c1-15-17(23)6-4-8-19(15)26-20(29)13-25-21(30)14-27-9-11-28(12-10-27)22(31)16-5-2-3-7-18(16)24/h2-8H,9-14H2,1H3,(H,25,30)(H,26,29). The van der Waals surface area contributed by atoms with Crippen LogP contribution in [0.4, 0.5) is 10.1 Å². The third kappa shape index (κ3) is 6.02. The van der Waals surface area contributed by atoms with Crippen LogP contribution in [0, 0.1) is 12.7 Å². The second kappa shape index (κ2) is 10.4. The Labute approximate surface area is 185 Å². The summed E-state index contributed by atoms with van der Waals surface area (Å²) in [5, 5.41) is 5.87. The van der Waals surface area contributed by atoms with Crippen LogP contribution in [0.15, 0.2) is 42.5 Å². The second-order valence-corrected chi connectivity index (χ2v) is 7.69. The molecule has 0 unspecified atom stereocenters. The molecule has 0 aliphatic carbocycles. The third-order valence-electron chi connectivity index (χ3n) is 5.12. The maximum atomic E-state index is 13.8. The smallest absolute Gasteiger partial charge is 0.256 e. The molecule has 7 nitrogen and oxygen atoms in total. The van der Waals surface area contributed by atoms with E-state index < -0.39 is 5.82 Å². The zero-order valence-corrected chi connectivity index (χ0v) is 17.9. The lowest BCUT2D eigenvalue weighted by molar-refractivity contribution is -0.125. The number of amides is 3. The summed E-state index contributed by atoms with van der Waals surface area (Å²) in [6, 6.07) is 11.1. The van der Waals surface area contributed by atoms with Crippen molar-refractivity contribution in [2.24, 2.45) is 0 Å². The molecule has 2 aromatic rings. The van der Waals surface area contributed by atoms with E-state index in [1.807, 2.05) is 4.90 Å². The van der Waals surface area contributed by atoms with Gasteiger partial charge in [0, 0.05) is 36.9 Å². The van der Waals surface area contributed by atoms with Crippen molar-refractivity contribution in [2.75, 3.05) is 44.6 Å². The van der Waals surface area contributed by atoms with E-state index in [2.05, 4.69) is 10.6 Å². The summed E-state index contributed by atoms with van der Waals surface area (Å²) in [4.78, 5) is 40.2. The van der Waals surface area contributed by atoms with E-state index in [1.54, 1.807) is 42.2 Å². The van der Waals surface area contributed by atoms with Gasteiger partial charge in [-0.1, -0.05) is 29.8 Å². The molecular formula is C22H24ClFN4O3. The van der Waals surface area contributed by atoms with Gasteiger partial charge in [-0.05, 0) is 36.8 Å². The predicted octanol–water partition coefficient (Wildman–Crippen LogP) is 2.30. The normalized spacial score (nSPS) is 14.2. The van der Waals surface area contributed by atoms with Gasteiger partial charge in [0.05, 0.1) is 18.7 Å². The Morgan fingerprint density at radius 1 is 1.00 bits per heavy atom. The number of nitrogens with one attached hydrogen (secondary N) is 2. The molecule has 1 aliphatic rings. The lowest BCUT2D eigenvalue weighted by Gasteiger charge is -2.34. The Bertz CT molecular complexity index is 977. The number of halogens is 2. The highest BCUT2D eigenvalue weighted by atomic mass is 35.5. The van der Waals surface area contributed by atoms with Crippen molar-refractivity contribution >= 4 is 35.0 Å². The molecule has 0 spiro atoms. The van der Waals surface area contributed by atoms with Crippen LogP contribution in [0.5, 0.6) is 0 Å². The van der Waals surface area contributed by atoms with Crippen molar-refractivity contribution in [3.05, 3.63) is 64.4 Å². The first-order valence-corrected chi connectivity index (χ1v) is 10.3. The first-order valence-electron chi connectivity index (χ1n) is 9.93. The monoisotopic (exact) mass is 446 g/mol.